The van der Waals surface area contributed by atoms with Gasteiger partial charge in [0.2, 0.25) is 0 Å². The molecule has 2 heterocycles. The molecule has 1 aromatic heterocycles. The molecule has 0 atom stereocenters. The van der Waals surface area contributed by atoms with Crippen LogP contribution in [-0.4, -0.2) is 47.1 Å². The van der Waals surface area contributed by atoms with Gasteiger partial charge in [-0.15, -0.1) is 0 Å². The molecule has 0 spiro atoms. The van der Waals surface area contributed by atoms with E-state index in [1.165, 1.54) is 5.56 Å². The summed E-state index contributed by atoms with van der Waals surface area (Å²) in [6.07, 6.45) is 0. The maximum absolute atomic E-state index is 12.8. The van der Waals surface area contributed by atoms with Crippen molar-refractivity contribution < 1.29 is 4.79 Å². The van der Waals surface area contributed by atoms with E-state index in [2.05, 4.69) is 22.1 Å². The second-order valence-corrected chi connectivity index (χ2v) is 8.68. The third kappa shape index (κ3) is 4.55. The van der Waals surface area contributed by atoms with E-state index < -0.39 is 0 Å². The Bertz CT molecular complexity index is 1140. The number of aryl methyl sites for hydroxylation is 2. The first-order chi connectivity index (χ1) is 15.3. The smallest absolute Gasteiger partial charge is 0.321 e. The van der Waals surface area contributed by atoms with Gasteiger partial charge < -0.3 is 15.1 Å². The molecule has 2 amide bonds. The lowest BCUT2D eigenvalue weighted by molar-refractivity contribution is 0.208. The molecule has 1 aliphatic rings. The first kappa shape index (κ1) is 22.1. The van der Waals surface area contributed by atoms with E-state index in [0.717, 1.165) is 47.0 Å². The Labute approximate surface area is 194 Å². The van der Waals surface area contributed by atoms with Gasteiger partial charge in [-0.2, -0.15) is 0 Å². The van der Waals surface area contributed by atoms with Gasteiger partial charge in [-0.25, -0.2) is 14.8 Å². The van der Waals surface area contributed by atoms with E-state index in [-0.39, 0.29) is 6.03 Å². The van der Waals surface area contributed by atoms with Gasteiger partial charge in [0, 0.05) is 53.7 Å². The number of nitrogens with zero attached hydrogens (tertiary/aromatic N) is 4. The Kier molecular flexibility index (Phi) is 6.33. The van der Waals surface area contributed by atoms with E-state index in [1.807, 2.05) is 68.1 Å². The Morgan fingerprint density at radius 2 is 1.59 bits per heavy atom. The molecule has 3 aromatic rings. The van der Waals surface area contributed by atoms with Crippen LogP contribution in [0.5, 0.6) is 0 Å². The Balaban J connectivity index is 1.47. The van der Waals surface area contributed by atoms with Gasteiger partial charge in [-0.1, -0.05) is 23.7 Å². The van der Waals surface area contributed by atoms with E-state index in [4.69, 9.17) is 16.6 Å². The average Bonchev–Trinajstić information content (AvgIpc) is 2.79. The number of piperazine rings is 1. The van der Waals surface area contributed by atoms with Crippen molar-refractivity contribution in [2.24, 2.45) is 0 Å². The molecule has 0 bridgehead atoms. The van der Waals surface area contributed by atoms with Gasteiger partial charge >= 0.3 is 6.03 Å². The summed E-state index contributed by atoms with van der Waals surface area (Å²) in [5.74, 6) is 1.62. The zero-order chi connectivity index (χ0) is 22.8. The van der Waals surface area contributed by atoms with Crippen LogP contribution in [0.1, 0.15) is 22.4 Å². The molecule has 1 saturated heterocycles. The van der Waals surface area contributed by atoms with Crippen LogP contribution in [0.2, 0.25) is 5.02 Å². The second kappa shape index (κ2) is 9.17. The molecule has 2 aromatic carbocycles. The van der Waals surface area contributed by atoms with Gasteiger partial charge in [-0.3, -0.25) is 0 Å². The minimum absolute atomic E-state index is 0.0595. The summed E-state index contributed by atoms with van der Waals surface area (Å²) in [4.78, 5) is 26.5. The number of aromatic nitrogens is 2. The zero-order valence-electron chi connectivity index (χ0n) is 18.9. The second-order valence-electron chi connectivity index (χ2n) is 8.24. The average molecular weight is 450 g/mol. The first-order valence-corrected chi connectivity index (χ1v) is 11.2. The van der Waals surface area contributed by atoms with Crippen LogP contribution in [0.15, 0.2) is 42.5 Å². The number of amides is 2. The Hall–Kier alpha value is -3.12. The molecule has 6 nitrogen and oxygen atoms in total. The predicted octanol–water partition coefficient (Wildman–Crippen LogP) is 5.38. The highest BCUT2D eigenvalue weighted by atomic mass is 35.5. The number of halogens is 1. The van der Waals surface area contributed by atoms with Crippen molar-refractivity contribution in [1.29, 1.82) is 0 Å². The highest BCUT2D eigenvalue weighted by molar-refractivity contribution is 6.30. The lowest BCUT2D eigenvalue weighted by Crippen LogP contribution is -2.50. The van der Waals surface area contributed by atoms with Gasteiger partial charge in [0.1, 0.15) is 5.82 Å². The third-order valence-corrected chi connectivity index (χ3v) is 6.43. The van der Waals surface area contributed by atoms with Crippen molar-refractivity contribution >= 4 is 29.1 Å². The van der Waals surface area contributed by atoms with Crippen LogP contribution in [0, 0.1) is 27.7 Å². The lowest BCUT2D eigenvalue weighted by atomic mass is 10.1. The van der Waals surface area contributed by atoms with Gasteiger partial charge in [0.05, 0.1) is 0 Å². The summed E-state index contributed by atoms with van der Waals surface area (Å²) in [6, 6.07) is 13.5. The van der Waals surface area contributed by atoms with Gasteiger partial charge in [-0.05, 0) is 69.2 Å². The molecule has 0 unspecified atom stereocenters. The van der Waals surface area contributed by atoms with Crippen LogP contribution in [0.4, 0.5) is 16.3 Å². The molecule has 7 heteroatoms. The largest absolute Gasteiger partial charge is 0.353 e. The summed E-state index contributed by atoms with van der Waals surface area (Å²) in [6.45, 7) is 10.8. The Morgan fingerprint density at radius 1 is 0.906 bits per heavy atom. The van der Waals surface area contributed by atoms with Crippen molar-refractivity contribution in [3.05, 3.63) is 69.9 Å². The highest BCUT2D eigenvalue weighted by Gasteiger charge is 2.24. The number of urea groups is 1. The number of hydrogen-bond donors (Lipinski definition) is 1. The molecule has 1 aliphatic heterocycles. The van der Waals surface area contributed by atoms with E-state index >= 15 is 0 Å². The highest BCUT2D eigenvalue weighted by Crippen LogP contribution is 2.26. The van der Waals surface area contributed by atoms with E-state index in [0.29, 0.717) is 23.9 Å². The summed E-state index contributed by atoms with van der Waals surface area (Å²) in [7, 11) is 0. The fraction of sp³-hybridized carbons (Fsp3) is 0.320. The maximum Gasteiger partial charge on any atom is 0.321 e. The van der Waals surface area contributed by atoms with Crippen LogP contribution in [0.3, 0.4) is 0 Å². The van der Waals surface area contributed by atoms with Crippen molar-refractivity contribution in [3.8, 4) is 11.4 Å². The van der Waals surface area contributed by atoms with Gasteiger partial charge in [0.25, 0.3) is 0 Å². The van der Waals surface area contributed by atoms with Crippen LogP contribution in [0.25, 0.3) is 11.4 Å². The maximum atomic E-state index is 12.8. The minimum Gasteiger partial charge on any atom is -0.353 e. The number of carbonyl (C=O) groups excluding carboxylic acids is 1. The topological polar surface area (TPSA) is 61.4 Å². The number of anilines is 2. The van der Waals surface area contributed by atoms with Crippen LogP contribution in [-0.2, 0) is 0 Å². The van der Waals surface area contributed by atoms with Crippen molar-refractivity contribution in [2.45, 2.75) is 27.7 Å². The number of nitrogens with one attached hydrogen (secondary N) is 1. The van der Waals surface area contributed by atoms with Crippen molar-refractivity contribution in [2.75, 3.05) is 36.4 Å². The molecule has 4 rings (SSSR count). The lowest BCUT2D eigenvalue weighted by Gasteiger charge is -2.36. The normalized spacial score (nSPS) is 13.9. The molecular weight excluding hydrogens is 422 g/mol. The number of benzene rings is 2. The molecule has 1 N–H and O–H groups in total. The van der Waals surface area contributed by atoms with Crippen LogP contribution >= 0.6 is 11.6 Å². The third-order valence-electron chi connectivity index (χ3n) is 6.18. The fourth-order valence-electron chi connectivity index (χ4n) is 3.85. The fourth-order valence-corrected chi connectivity index (χ4v) is 3.98. The van der Waals surface area contributed by atoms with Crippen molar-refractivity contribution in [1.82, 2.24) is 14.9 Å². The molecule has 0 radical (unpaired) electrons. The van der Waals surface area contributed by atoms with E-state index in [1.54, 1.807) is 0 Å². The SMILES string of the molecule is Cc1cccc(NC(=O)N2CCN(c3nc(-c4ccc(Cl)cc4)nc(C)c3C)CC2)c1C. The molecule has 166 valence electrons. The zero-order valence-corrected chi connectivity index (χ0v) is 19.7. The molecule has 1 fully saturated rings. The summed E-state index contributed by atoms with van der Waals surface area (Å²) in [5.41, 5.74) is 6.09. The summed E-state index contributed by atoms with van der Waals surface area (Å²) in [5, 5.41) is 3.75. The molecule has 32 heavy (non-hydrogen) atoms. The predicted molar refractivity (Wildman–Crippen MR) is 131 cm³/mol. The molecule has 0 saturated carbocycles. The standard InChI is InChI=1S/C25H28ClN5O/c1-16-6-5-7-22(17(16)2)28-25(32)31-14-12-30(13-15-31)24-18(3)19(4)27-23(29-24)20-8-10-21(26)11-9-20/h5-11H,12-15H2,1-4H3,(H,28,32). The number of carbonyl (C=O) groups is 1. The number of rotatable bonds is 3. The summed E-state index contributed by atoms with van der Waals surface area (Å²) < 4.78 is 0. The first-order valence-electron chi connectivity index (χ1n) is 10.8. The van der Waals surface area contributed by atoms with E-state index in [9.17, 15) is 4.79 Å². The Morgan fingerprint density at radius 3 is 2.28 bits per heavy atom. The summed E-state index contributed by atoms with van der Waals surface area (Å²) >= 11 is 6.03. The monoisotopic (exact) mass is 449 g/mol. The number of hydrogen-bond acceptors (Lipinski definition) is 4. The van der Waals surface area contributed by atoms with Crippen molar-refractivity contribution in [3.63, 3.8) is 0 Å². The minimum atomic E-state index is -0.0595. The van der Waals surface area contributed by atoms with Crippen LogP contribution < -0.4 is 10.2 Å². The molecule has 0 aliphatic carbocycles. The van der Waals surface area contributed by atoms with Gasteiger partial charge in [0.15, 0.2) is 5.82 Å². The molecular formula is C25H28ClN5O. The quantitative estimate of drug-likeness (QED) is 0.582.